The van der Waals surface area contributed by atoms with Gasteiger partial charge >= 0.3 is 0 Å². The summed E-state index contributed by atoms with van der Waals surface area (Å²) in [6, 6.07) is 8.67. The first-order valence-corrected chi connectivity index (χ1v) is 11.3. The van der Waals surface area contributed by atoms with Gasteiger partial charge in [0.15, 0.2) is 5.96 Å². The molecule has 0 aliphatic carbocycles. The van der Waals surface area contributed by atoms with Crippen LogP contribution in [-0.4, -0.2) is 76.3 Å². The summed E-state index contributed by atoms with van der Waals surface area (Å²) in [6.45, 7) is 5.73. The number of nitrogens with zero attached hydrogens (tertiary/aromatic N) is 3. The van der Waals surface area contributed by atoms with Gasteiger partial charge in [0, 0.05) is 71.6 Å². The lowest BCUT2D eigenvalue weighted by Gasteiger charge is -2.33. The summed E-state index contributed by atoms with van der Waals surface area (Å²) in [7, 11) is 3.57. The molecule has 1 fully saturated rings. The first-order valence-electron chi connectivity index (χ1n) is 11.3. The first-order chi connectivity index (χ1) is 14.7. The zero-order chi connectivity index (χ0) is 21.2. The number of methoxy groups -OCH3 is 1. The topological polar surface area (TPSA) is 69.2 Å². The standard InChI is InChI=1S/C23H37N5O2.HI/c1-24-23(26-20-11-15-27(16-12-20)14-6-18-30-2)25-13-5-9-22(29)28-17-10-19-7-3-4-8-21(19)28;/h3-4,7-8,20H,5-6,9-18H2,1-2H3,(H2,24,25,26);1H. The number of rotatable bonds is 9. The number of carbonyl (C=O) groups excluding carboxylic acids is 1. The van der Waals surface area contributed by atoms with Gasteiger partial charge < -0.3 is 25.2 Å². The van der Waals surface area contributed by atoms with Crippen LogP contribution in [0.1, 0.15) is 37.7 Å². The molecule has 1 amide bonds. The molecular weight excluding hydrogens is 505 g/mol. The van der Waals surface area contributed by atoms with Crippen LogP contribution in [0.4, 0.5) is 5.69 Å². The van der Waals surface area contributed by atoms with E-state index in [1.165, 1.54) is 5.56 Å². The van der Waals surface area contributed by atoms with E-state index < -0.39 is 0 Å². The number of benzene rings is 1. The summed E-state index contributed by atoms with van der Waals surface area (Å²) in [6.07, 6.45) is 5.66. The van der Waals surface area contributed by atoms with Crippen molar-refractivity contribution in [3.8, 4) is 0 Å². The number of likely N-dealkylation sites (tertiary alicyclic amines) is 1. The fourth-order valence-electron chi connectivity index (χ4n) is 4.30. The van der Waals surface area contributed by atoms with Crippen molar-refractivity contribution in [3.63, 3.8) is 0 Å². The maximum atomic E-state index is 12.6. The highest BCUT2D eigenvalue weighted by molar-refractivity contribution is 14.0. The van der Waals surface area contributed by atoms with Crippen molar-refractivity contribution in [1.82, 2.24) is 15.5 Å². The van der Waals surface area contributed by atoms with Crippen LogP contribution >= 0.6 is 24.0 Å². The molecule has 7 nitrogen and oxygen atoms in total. The van der Waals surface area contributed by atoms with E-state index in [2.05, 4.69) is 26.6 Å². The number of ether oxygens (including phenoxy) is 1. The van der Waals surface area contributed by atoms with Gasteiger partial charge in [-0.25, -0.2) is 0 Å². The Kier molecular flexibility index (Phi) is 11.6. The number of carbonyl (C=O) groups is 1. The molecule has 2 aliphatic rings. The smallest absolute Gasteiger partial charge is 0.227 e. The number of para-hydroxylation sites is 1. The highest BCUT2D eigenvalue weighted by atomic mass is 127. The summed E-state index contributed by atoms with van der Waals surface area (Å²) >= 11 is 0. The van der Waals surface area contributed by atoms with Crippen molar-refractivity contribution in [3.05, 3.63) is 29.8 Å². The highest BCUT2D eigenvalue weighted by Gasteiger charge is 2.23. The van der Waals surface area contributed by atoms with Gasteiger partial charge in [-0.15, -0.1) is 24.0 Å². The molecule has 0 radical (unpaired) electrons. The van der Waals surface area contributed by atoms with Gasteiger partial charge in [-0.3, -0.25) is 9.79 Å². The van der Waals surface area contributed by atoms with Crippen molar-refractivity contribution >= 4 is 41.5 Å². The molecule has 2 N–H and O–H groups in total. The third-order valence-electron chi connectivity index (χ3n) is 6.02. The molecule has 2 heterocycles. The molecule has 174 valence electrons. The summed E-state index contributed by atoms with van der Waals surface area (Å²) in [5.41, 5.74) is 2.36. The molecule has 0 unspecified atom stereocenters. The Bertz CT molecular complexity index is 707. The van der Waals surface area contributed by atoms with Crippen LogP contribution in [0, 0.1) is 0 Å². The molecule has 3 rings (SSSR count). The van der Waals surface area contributed by atoms with Gasteiger partial charge in [0.2, 0.25) is 5.91 Å². The average molecular weight is 543 g/mol. The Labute approximate surface area is 204 Å². The fourth-order valence-corrected chi connectivity index (χ4v) is 4.30. The number of amides is 1. The number of hydrogen-bond acceptors (Lipinski definition) is 4. The molecule has 0 saturated carbocycles. The molecular formula is C23H38IN5O2. The van der Waals surface area contributed by atoms with Crippen molar-refractivity contribution in [2.24, 2.45) is 4.99 Å². The van der Waals surface area contributed by atoms with Crippen molar-refractivity contribution in [1.29, 1.82) is 0 Å². The van der Waals surface area contributed by atoms with Gasteiger partial charge in [0.05, 0.1) is 0 Å². The highest BCUT2D eigenvalue weighted by Crippen LogP contribution is 2.27. The molecule has 1 aromatic carbocycles. The summed E-state index contributed by atoms with van der Waals surface area (Å²) < 4.78 is 5.14. The molecule has 0 aromatic heterocycles. The van der Waals surface area contributed by atoms with E-state index in [4.69, 9.17) is 4.74 Å². The van der Waals surface area contributed by atoms with Crippen LogP contribution < -0.4 is 15.5 Å². The fraction of sp³-hybridized carbons (Fsp3) is 0.652. The van der Waals surface area contributed by atoms with Crippen LogP contribution in [0.3, 0.4) is 0 Å². The number of piperidine rings is 1. The monoisotopic (exact) mass is 543 g/mol. The Morgan fingerprint density at radius 3 is 2.71 bits per heavy atom. The number of halogens is 1. The Morgan fingerprint density at radius 2 is 1.97 bits per heavy atom. The number of aliphatic imine (C=N–C) groups is 1. The Balaban J connectivity index is 0.00000341. The van der Waals surface area contributed by atoms with Crippen LogP contribution in [0.25, 0.3) is 0 Å². The Morgan fingerprint density at radius 1 is 1.19 bits per heavy atom. The normalized spacial score (nSPS) is 17.2. The molecule has 31 heavy (non-hydrogen) atoms. The largest absolute Gasteiger partial charge is 0.385 e. The predicted octanol–water partition coefficient (Wildman–Crippen LogP) is 2.64. The quantitative estimate of drug-likeness (QED) is 0.217. The minimum atomic E-state index is 0. The molecule has 8 heteroatoms. The number of anilines is 1. The maximum absolute atomic E-state index is 12.6. The molecule has 0 bridgehead atoms. The van der Waals surface area contributed by atoms with Gasteiger partial charge in [0.1, 0.15) is 0 Å². The van der Waals surface area contributed by atoms with E-state index in [0.29, 0.717) is 12.5 Å². The average Bonchev–Trinajstić information content (AvgIpc) is 3.21. The van der Waals surface area contributed by atoms with Gasteiger partial charge in [-0.1, -0.05) is 18.2 Å². The van der Waals surface area contributed by atoms with E-state index in [9.17, 15) is 4.79 Å². The second-order valence-corrected chi connectivity index (χ2v) is 8.13. The number of fused-ring (bicyclic) bond motifs is 1. The number of guanidine groups is 1. The van der Waals surface area contributed by atoms with E-state index in [-0.39, 0.29) is 29.9 Å². The van der Waals surface area contributed by atoms with Gasteiger partial charge in [0.25, 0.3) is 0 Å². The maximum Gasteiger partial charge on any atom is 0.227 e. The van der Waals surface area contributed by atoms with Crippen molar-refractivity contribution in [2.75, 3.05) is 58.4 Å². The van der Waals surface area contributed by atoms with Crippen LogP contribution in [0.2, 0.25) is 0 Å². The zero-order valence-electron chi connectivity index (χ0n) is 18.9. The van der Waals surface area contributed by atoms with E-state index in [1.807, 2.05) is 30.1 Å². The third kappa shape index (κ3) is 7.91. The lowest BCUT2D eigenvalue weighted by molar-refractivity contribution is -0.118. The lowest BCUT2D eigenvalue weighted by atomic mass is 10.1. The van der Waals surface area contributed by atoms with Crippen LogP contribution in [0.5, 0.6) is 0 Å². The predicted molar refractivity (Wildman–Crippen MR) is 138 cm³/mol. The van der Waals surface area contributed by atoms with Crippen molar-refractivity contribution in [2.45, 2.75) is 44.6 Å². The second-order valence-electron chi connectivity index (χ2n) is 8.13. The summed E-state index contributed by atoms with van der Waals surface area (Å²) in [5.74, 6) is 1.05. The van der Waals surface area contributed by atoms with E-state index in [0.717, 1.165) is 83.1 Å². The SMILES string of the molecule is CN=C(NCCCC(=O)N1CCc2ccccc21)NC1CCN(CCCOC)CC1.I. The van der Waals surface area contributed by atoms with Gasteiger partial charge in [-0.2, -0.15) is 0 Å². The van der Waals surface area contributed by atoms with Crippen LogP contribution in [0.15, 0.2) is 29.3 Å². The minimum Gasteiger partial charge on any atom is -0.385 e. The van der Waals surface area contributed by atoms with E-state index >= 15 is 0 Å². The summed E-state index contributed by atoms with van der Waals surface area (Å²) in [4.78, 5) is 21.4. The lowest BCUT2D eigenvalue weighted by Crippen LogP contribution is -2.49. The molecule has 1 saturated heterocycles. The molecule has 1 aromatic rings. The van der Waals surface area contributed by atoms with Crippen molar-refractivity contribution < 1.29 is 9.53 Å². The molecule has 0 spiro atoms. The molecule has 2 aliphatic heterocycles. The van der Waals surface area contributed by atoms with Crippen LogP contribution in [-0.2, 0) is 16.0 Å². The summed E-state index contributed by atoms with van der Waals surface area (Å²) in [5, 5.41) is 6.91. The second kappa shape index (κ2) is 13.9. The zero-order valence-corrected chi connectivity index (χ0v) is 21.3. The van der Waals surface area contributed by atoms with E-state index in [1.54, 1.807) is 7.11 Å². The Hall–Kier alpha value is -1.39. The number of hydrogen-bond donors (Lipinski definition) is 2. The first kappa shape index (κ1) is 25.9. The molecule has 0 atom stereocenters. The number of nitrogens with one attached hydrogen (secondary N) is 2. The third-order valence-corrected chi connectivity index (χ3v) is 6.02. The minimum absolute atomic E-state index is 0. The van der Waals surface area contributed by atoms with Gasteiger partial charge in [-0.05, 0) is 43.7 Å².